The molecule has 108 valence electrons. The second-order valence-electron chi connectivity index (χ2n) is 4.24. The van der Waals surface area contributed by atoms with Crippen LogP contribution in [0, 0.1) is 0 Å². The lowest BCUT2D eigenvalue weighted by Crippen LogP contribution is -2.52. The van der Waals surface area contributed by atoms with Gasteiger partial charge in [-0.15, -0.1) is 12.4 Å². The van der Waals surface area contributed by atoms with Crippen molar-refractivity contribution < 1.29 is 18.0 Å². The molecule has 1 aliphatic rings. The van der Waals surface area contributed by atoms with Gasteiger partial charge < -0.3 is 10.6 Å². The molecule has 0 aliphatic carbocycles. The van der Waals surface area contributed by atoms with Crippen molar-refractivity contribution in [3.05, 3.63) is 0 Å². The number of thioether (sulfide) groups is 1. The summed E-state index contributed by atoms with van der Waals surface area (Å²) in [6.07, 6.45) is 2.59. The molecule has 0 spiro atoms. The number of carbonyl (C=O) groups is 1. The molecule has 0 bridgehead atoms. The highest BCUT2D eigenvalue weighted by atomic mass is 35.5. The van der Waals surface area contributed by atoms with E-state index in [4.69, 9.17) is 5.73 Å². The second-order valence-corrected chi connectivity index (χ2v) is 5.28. The van der Waals surface area contributed by atoms with Crippen LogP contribution in [0.2, 0.25) is 0 Å². The second kappa shape index (κ2) is 7.45. The summed E-state index contributed by atoms with van der Waals surface area (Å²) in [7, 11) is 0. The van der Waals surface area contributed by atoms with E-state index in [2.05, 4.69) is 0 Å². The fourth-order valence-electron chi connectivity index (χ4n) is 2.04. The Labute approximate surface area is 115 Å². The SMILES string of the molecule is CC(N)C1CCCCN1C(=O)CSC(F)(F)F.Cl. The third-order valence-corrected chi connectivity index (χ3v) is 3.55. The number of nitrogens with zero attached hydrogens (tertiary/aromatic N) is 1. The van der Waals surface area contributed by atoms with Gasteiger partial charge in [0.05, 0.1) is 5.75 Å². The topological polar surface area (TPSA) is 46.3 Å². The number of hydrogen-bond acceptors (Lipinski definition) is 3. The largest absolute Gasteiger partial charge is 0.442 e. The monoisotopic (exact) mass is 306 g/mol. The summed E-state index contributed by atoms with van der Waals surface area (Å²) in [6, 6.07) is -0.319. The highest BCUT2D eigenvalue weighted by Crippen LogP contribution is 2.31. The first-order valence-corrected chi connectivity index (χ1v) is 6.55. The Bertz CT molecular complexity index is 276. The van der Waals surface area contributed by atoms with Crippen LogP contribution in [0.5, 0.6) is 0 Å². The minimum atomic E-state index is -4.35. The van der Waals surface area contributed by atoms with Crippen LogP contribution >= 0.6 is 24.2 Å². The number of hydrogen-bond donors (Lipinski definition) is 1. The fraction of sp³-hybridized carbons (Fsp3) is 0.900. The lowest BCUT2D eigenvalue weighted by molar-refractivity contribution is -0.132. The van der Waals surface area contributed by atoms with Gasteiger partial charge in [0.1, 0.15) is 0 Å². The summed E-state index contributed by atoms with van der Waals surface area (Å²) in [4.78, 5) is 13.2. The van der Waals surface area contributed by atoms with Gasteiger partial charge in [0.25, 0.3) is 0 Å². The Hall–Kier alpha value is -0.140. The molecule has 3 nitrogen and oxygen atoms in total. The number of halogens is 4. The van der Waals surface area contributed by atoms with Crippen molar-refractivity contribution in [3.8, 4) is 0 Å². The molecular formula is C10H18ClF3N2OS. The number of alkyl halides is 3. The molecule has 1 saturated heterocycles. The molecule has 1 fully saturated rings. The van der Waals surface area contributed by atoms with Crippen LogP contribution in [0.25, 0.3) is 0 Å². The summed E-state index contributed by atoms with van der Waals surface area (Å²) in [6.45, 7) is 2.30. The van der Waals surface area contributed by atoms with Gasteiger partial charge in [-0.2, -0.15) is 13.2 Å². The summed E-state index contributed by atoms with van der Waals surface area (Å²) >= 11 is -0.283. The minimum absolute atomic E-state index is 0. The highest BCUT2D eigenvalue weighted by molar-refractivity contribution is 8.00. The van der Waals surface area contributed by atoms with Crippen molar-refractivity contribution in [3.63, 3.8) is 0 Å². The maximum absolute atomic E-state index is 12.0. The first-order chi connectivity index (χ1) is 7.81. The van der Waals surface area contributed by atoms with E-state index in [9.17, 15) is 18.0 Å². The standard InChI is InChI=1S/C10H17F3N2OS.ClH/c1-7(14)8-4-2-3-5-15(8)9(16)6-17-10(11,12)13;/h7-8H,2-6,14H2,1H3;1H. The lowest BCUT2D eigenvalue weighted by Gasteiger charge is -2.38. The molecule has 2 atom stereocenters. The molecule has 2 N–H and O–H groups in total. The van der Waals surface area contributed by atoms with Crippen LogP contribution in [-0.4, -0.2) is 40.7 Å². The number of amides is 1. The number of carbonyl (C=O) groups excluding carboxylic acids is 1. The van der Waals surface area contributed by atoms with Gasteiger partial charge in [-0.25, -0.2) is 0 Å². The molecule has 0 saturated carbocycles. The zero-order valence-electron chi connectivity index (χ0n) is 10.1. The van der Waals surface area contributed by atoms with Crippen molar-refractivity contribution in [1.29, 1.82) is 0 Å². The summed E-state index contributed by atoms with van der Waals surface area (Å²) < 4.78 is 36.0. The lowest BCUT2D eigenvalue weighted by atomic mass is 9.97. The first-order valence-electron chi connectivity index (χ1n) is 5.57. The Morgan fingerprint density at radius 1 is 1.50 bits per heavy atom. The summed E-state index contributed by atoms with van der Waals surface area (Å²) in [5, 5.41) is 0. The average Bonchev–Trinajstić information content (AvgIpc) is 2.25. The Kier molecular flexibility index (Phi) is 7.39. The van der Waals surface area contributed by atoms with E-state index in [-0.39, 0.29) is 36.3 Å². The fourth-order valence-corrected chi connectivity index (χ4v) is 2.49. The molecular weight excluding hydrogens is 289 g/mol. The van der Waals surface area contributed by atoms with Gasteiger partial charge in [-0.3, -0.25) is 4.79 Å². The normalized spacial score (nSPS) is 22.3. The molecule has 1 rings (SSSR count). The number of nitrogens with two attached hydrogens (primary N) is 1. The van der Waals surface area contributed by atoms with Crippen LogP contribution in [0.1, 0.15) is 26.2 Å². The van der Waals surface area contributed by atoms with Crippen LogP contribution in [-0.2, 0) is 4.79 Å². The van der Waals surface area contributed by atoms with E-state index in [1.807, 2.05) is 0 Å². The summed E-state index contributed by atoms with van der Waals surface area (Å²) in [5.74, 6) is -1.01. The van der Waals surface area contributed by atoms with Gasteiger partial charge in [-0.1, -0.05) is 0 Å². The van der Waals surface area contributed by atoms with Crippen LogP contribution in [0.4, 0.5) is 13.2 Å². The van der Waals surface area contributed by atoms with Crippen molar-refractivity contribution >= 4 is 30.1 Å². The number of likely N-dealkylation sites (tertiary alicyclic amines) is 1. The molecule has 0 aromatic carbocycles. The molecule has 0 aromatic rings. The smallest absolute Gasteiger partial charge is 0.337 e. The molecule has 0 aromatic heterocycles. The molecule has 1 heterocycles. The van der Waals surface area contributed by atoms with Gasteiger partial charge in [0.2, 0.25) is 5.91 Å². The Morgan fingerprint density at radius 2 is 2.11 bits per heavy atom. The minimum Gasteiger partial charge on any atom is -0.337 e. The van der Waals surface area contributed by atoms with Crippen LogP contribution in [0.15, 0.2) is 0 Å². The van der Waals surface area contributed by atoms with Crippen LogP contribution in [0.3, 0.4) is 0 Å². The molecule has 8 heteroatoms. The van der Waals surface area contributed by atoms with Gasteiger partial charge in [0.15, 0.2) is 0 Å². The Morgan fingerprint density at radius 3 is 2.61 bits per heavy atom. The molecule has 0 radical (unpaired) electrons. The van der Waals surface area contributed by atoms with E-state index in [0.29, 0.717) is 6.54 Å². The zero-order chi connectivity index (χ0) is 13.1. The maximum atomic E-state index is 12.0. The molecule has 2 unspecified atom stereocenters. The van der Waals surface area contributed by atoms with Crippen molar-refractivity contribution in [2.24, 2.45) is 5.73 Å². The van der Waals surface area contributed by atoms with E-state index >= 15 is 0 Å². The summed E-state index contributed by atoms with van der Waals surface area (Å²) in [5.41, 5.74) is 1.40. The van der Waals surface area contributed by atoms with Crippen molar-refractivity contribution in [2.45, 2.75) is 43.8 Å². The van der Waals surface area contributed by atoms with Crippen LogP contribution < -0.4 is 5.73 Å². The molecule has 18 heavy (non-hydrogen) atoms. The third kappa shape index (κ3) is 5.67. The molecule has 1 aliphatic heterocycles. The molecule has 1 amide bonds. The zero-order valence-corrected chi connectivity index (χ0v) is 11.7. The predicted molar refractivity (Wildman–Crippen MR) is 68.8 cm³/mol. The van der Waals surface area contributed by atoms with Gasteiger partial charge in [-0.05, 0) is 37.9 Å². The number of rotatable bonds is 3. The quantitative estimate of drug-likeness (QED) is 0.871. The van der Waals surface area contributed by atoms with Crippen molar-refractivity contribution in [2.75, 3.05) is 12.3 Å². The van der Waals surface area contributed by atoms with E-state index in [1.54, 1.807) is 6.92 Å². The van der Waals surface area contributed by atoms with Gasteiger partial charge in [0, 0.05) is 18.6 Å². The third-order valence-electron chi connectivity index (χ3n) is 2.84. The highest BCUT2D eigenvalue weighted by Gasteiger charge is 2.33. The van der Waals surface area contributed by atoms with Crippen molar-refractivity contribution in [1.82, 2.24) is 4.90 Å². The maximum Gasteiger partial charge on any atom is 0.442 e. The van der Waals surface area contributed by atoms with E-state index < -0.39 is 17.2 Å². The average molecular weight is 307 g/mol. The first kappa shape index (κ1) is 17.9. The van der Waals surface area contributed by atoms with E-state index in [0.717, 1.165) is 19.3 Å². The van der Waals surface area contributed by atoms with Gasteiger partial charge >= 0.3 is 5.51 Å². The van der Waals surface area contributed by atoms with E-state index in [1.165, 1.54) is 4.90 Å². The predicted octanol–water partition coefficient (Wildman–Crippen LogP) is 2.39. The Balaban J connectivity index is 0.00000289. The number of piperidine rings is 1.